The highest BCUT2D eigenvalue weighted by Gasteiger charge is 2.35. The summed E-state index contributed by atoms with van der Waals surface area (Å²) in [6, 6.07) is 0. The number of thiol groups is 1. The summed E-state index contributed by atoms with van der Waals surface area (Å²) >= 11 is 4.37. The van der Waals surface area contributed by atoms with E-state index < -0.39 is 0 Å². The van der Waals surface area contributed by atoms with Crippen molar-refractivity contribution in [2.75, 3.05) is 0 Å². The molecule has 0 saturated heterocycles. The largest absolute Gasteiger partial charge is 0.175 e. The van der Waals surface area contributed by atoms with Gasteiger partial charge < -0.3 is 0 Å². The monoisotopic (exact) mass is 116 g/mol. The molecule has 0 N–H and O–H groups in total. The van der Waals surface area contributed by atoms with Gasteiger partial charge in [0.05, 0.1) is 0 Å². The minimum Gasteiger partial charge on any atom is -0.175 e. The SMILES string of the molecule is CC1(C)CCC1S. The molecule has 1 heteroatoms. The summed E-state index contributed by atoms with van der Waals surface area (Å²) in [4.78, 5) is 0. The van der Waals surface area contributed by atoms with E-state index in [-0.39, 0.29) is 0 Å². The molecule has 1 atom stereocenters. The van der Waals surface area contributed by atoms with Crippen LogP contribution in [0.25, 0.3) is 0 Å². The van der Waals surface area contributed by atoms with Crippen LogP contribution in [0, 0.1) is 5.41 Å². The van der Waals surface area contributed by atoms with Gasteiger partial charge in [0.25, 0.3) is 0 Å². The molecule has 0 heterocycles. The van der Waals surface area contributed by atoms with Crippen molar-refractivity contribution in [3.63, 3.8) is 0 Å². The Morgan fingerprint density at radius 1 is 1.57 bits per heavy atom. The van der Waals surface area contributed by atoms with E-state index in [1.165, 1.54) is 12.8 Å². The van der Waals surface area contributed by atoms with Crippen LogP contribution < -0.4 is 0 Å². The molecule has 7 heavy (non-hydrogen) atoms. The summed E-state index contributed by atoms with van der Waals surface area (Å²) in [7, 11) is 0. The molecular formula is C6H12S. The zero-order valence-electron chi connectivity index (χ0n) is 4.94. The molecule has 0 radical (unpaired) electrons. The Labute approximate surface area is 50.7 Å². The van der Waals surface area contributed by atoms with Gasteiger partial charge in [0.2, 0.25) is 0 Å². The van der Waals surface area contributed by atoms with Crippen molar-refractivity contribution >= 4 is 12.6 Å². The van der Waals surface area contributed by atoms with E-state index in [1.54, 1.807) is 0 Å². The van der Waals surface area contributed by atoms with Gasteiger partial charge in [-0.05, 0) is 18.3 Å². The Hall–Kier alpha value is 0.350. The van der Waals surface area contributed by atoms with Crippen LogP contribution in [0.2, 0.25) is 0 Å². The van der Waals surface area contributed by atoms with Crippen molar-refractivity contribution in [3.05, 3.63) is 0 Å². The molecule has 1 saturated carbocycles. The first-order chi connectivity index (χ1) is 3.13. The fraction of sp³-hybridized carbons (Fsp3) is 1.00. The summed E-state index contributed by atoms with van der Waals surface area (Å²) < 4.78 is 0. The van der Waals surface area contributed by atoms with Crippen LogP contribution in [-0.4, -0.2) is 5.25 Å². The first-order valence-electron chi connectivity index (χ1n) is 2.81. The molecule has 1 fully saturated rings. The molecule has 0 aliphatic heterocycles. The van der Waals surface area contributed by atoms with Gasteiger partial charge in [-0.3, -0.25) is 0 Å². The van der Waals surface area contributed by atoms with Gasteiger partial charge in [-0.15, -0.1) is 0 Å². The van der Waals surface area contributed by atoms with Gasteiger partial charge in [-0.25, -0.2) is 0 Å². The highest BCUT2D eigenvalue weighted by atomic mass is 32.1. The summed E-state index contributed by atoms with van der Waals surface area (Å²) in [5.74, 6) is 0. The molecule has 0 bridgehead atoms. The lowest BCUT2D eigenvalue weighted by atomic mass is 9.72. The van der Waals surface area contributed by atoms with Gasteiger partial charge >= 0.3 is 0 Å². The molecule has 0 spiro atoms. The van der Waals surface area contributed by atoms with Crippen LogP contribution in [0.1, 0.15) is 26.7 Å². The number of hydrogen-bond acceptors (Lipinski definition) is 1. The number of hydrogen-bond donors (Lipinski definition) is 1. The Balaban J connectivity index is 2.43. The molecule has 0 nitrogen and oxygen atoms in total. The van der Waals surface area contributed by atoms with Gasteiger partial charge in [-0.2, -0.15) is 12.6 Å². The van der Waals surface area contributed by atoms with Crippen molar-refractivity contribution in [2.24, 2.45) is 5.41 Å². The summed E-state index contributed by atoms with van der Waals surface area (Å²) in [5, 5.41) is 0.674. The third-order valence-electron chi connectivity index (χ3n) is 1.96. The minimum atomic E-state index is 0.545. The molecule has 0 amide bonds. The average molecular weight is 116 g/mol. The Kier molecular flexibility index (Phi) is 1.11. The standard InChI is InChI=1S/C6H12S/c1-6(2)4-3-5(6)7/h5,7H,3-4H2,1-2H3. The molecule has 0 aromatic carbocycles. The van der Waals surface area contributed by atoms with Gasteiger partial charge in [-0.1, -0.05) is 13.8 Å². The Morgan fingerprint density at radius 3 is 2.00 bits per heavy atom. The second kappa shape index (κ2) is 1.41. The molecule has 1 aliphatic rings. The van der Waals surface area contributed by atoms with E-state index in [0.29, 0.717) is 10.7 Å². The quantitative estimate of drug-likeness (QED) is 0.460. The smallest absolute Gasteiger partial charge is 0.00682 e. The van der Waals surface area contributed by atoms with E-state index in [1.807, 2.05) is 0 Å². The number of rotatable bonds is 0. The van der Waals surface area contributed by atoms with E-state index in [0.717, 1.165) is 0 Å². The van der Waals surface area contributed by atoms with Crippen LogP contribution >= 0.6 is 12.6 Å². The van der Waals surface area contributed by atoms with Crippen LogP contribution in [0.3, 0.4) is 0 Å². The lowest BCUT2D eigenvalue weighted by Crippen LogP contribution is -2.35. The highest BCUT2D eigenvalue weighted by molar-refractivity contribution is 7.81. The van der Waals surface area contributed by atoms with Crippen molar-refractivity contribution in [1.29, 1.82) is 0 Å². The highest BCUT2D eigenvalue weighted by Crippen LogP contribution is 2.43. The first-order valence-corrected chi connectivity index (χ1v) is 3.33. The van der Waals surface area contributed by atoms with Gasteiger partial charge in [0.15, 0.2) is 0 Å². The predicted octanol–water partition coefficient (Wildman–Crippen LogP) is 2.10. The third-order valence-corrected chi connectivity index (χ3v) is 2.92. The summed E-state index contributed by atoms with van der Waals surface area (Å²) in [6.07, 6.45) is 2.68. The molecule has 1 aliphatic carbocycles. The molecule has 42 valence electrons. The van der Waals surface area contributed by atoms with Gasteiger partial charge in [0, 0.05) is 5.25 Å². The van der Waals surface area contributed by atoms with Crippen molar-refractivity contribution in [2.45, 2.75) is 31.9 Å². The molecule has 0 aromatic rings. The normalized spacial score (nSPS) is 37.3. The van der Waals surface area contributed by atoms with Crippen LogP contribution in [0.15, 0.2) is 0 Å². The maximum atomic E-state index is 4.37. The second-order valence-corrected chi connectivity index (χ2v) is 3.67. The van der Waals surface area contributed by atoms with E-state index in [4.69, 9.17) is 0 Å². The topological polar surface area (TPSA) is 0 Å². The van der Waals surface area contributed by atoms with Crippen molar-refractivity contribution in [3.8, 4) is 0 Å². The lowest BCUT2D eigenvalue weighted by molar-refractivity contribution is 0.206. The minimum absolute atomic E-state index is 0.545. The molecule has 0 aromatic heterocycles. The zero-order chi connectivity index (χ0) is 5.49. The van der Waals surface area contributed by atoms with Gasteiger partial charge in [0.1, 0.15) is 0 Å². The van der Waals surface area contributed by atoms with Crippen LogP contribution in [0.4, 0.5) is 0 Å². The zero-order valence-corrected chi connectivity index (χ0v) is 5.83. The lowest BCUT2D eigenvalue weighted by Gasteiger charge is -2.41. The van der Waals surface area contributed by atoms with Crippen molar-refractivity contribution < 1.29 is 0 Å². The summed E-state index contributed by atoms with van der Waals surface area (Å²) in [5.41, 5.74) is 0.545. The van der Waals surface area contributed by atoms with E-state index >= 15 is 0 Å². The average Bonchev–Trinajstić information content (AvgIpc) is 1.63. The third kappa shape index (κ3) is 0.788. The fourth-order valence-electron chi connectivity index (χ4n) is 0.851. The van der Waals surface area contributed by atoms with Crippen LogP contribution in [-0.2, 0) is 0 Å². The maximum absolute atomic E-state index is 4.37. The van der Waals surface area contributed by atoms with Crippen molar-refractivity contribution in [1.82, 2.24) is 0 Å². The maximum Gasteiger partial charge on any atom is 0.00682 e. The van der Waals surface area contributed by atoms with E-state index in [2.05, 4.69) is 26.5 Å². The van der Waals surface area contributed by atoms with Crippen LogP contribution in [0.5, 0.6) is 0 Å². The molecular weight excluding hydrogens is 104 g/mol. The first kappa shape index (κ1) is 5.49. The second-order valence-electron chi connectivity index (χ2n) is 3.04. The Morgan fingerprint density at radius 2 is 2.00 bits per heavy atom. The van der Waals surface area contributed by atoms with E-state index in [9.17, 15) is 0 Å². The Bertz CT molecular complexity index is 76.2. The fourth-order valence-corrected chi connectivity index (χ4v) is 1.11. The summed E-state index contributed by atoms with van der Waals surface area (Å²) in [6.45, 7) is 4.54. The molecule has 1 unspecified atom stereocenters. The predicted molar refractivity (Wildman–Crippen MR) is 35.8 cm³/mol. The molecule has 1 rings (SSSR count).